The van der Waals surface area contributed by atoms with Gasteiger partial charge in [0.2, 0.25) is 10.0 Å². The van der Waals surface area contributed by atoms with Crippen LogP contribution in [0.25, 0.3) is 0 Å². The maximum atomic E-state index is 12.3. The van der Waals surface area contributed by atoms with Crippen LogP contribution in [0.4, 0.5) is 0 Å². The van der Waals surface area contributed by atoms with E-state index in [-0.39, 0.29) is 29.6 Å². The maximum Gasteiger partial charge on any atom is 0.251 e. The zero-order chi connectivity index (χ0) is 21.6. The fourth-order valence-electron chi connectivity index (χ4n) is 3.52. The molecule has 30 heavy (non-hydrogen) atoms. The lowest BCUT2D eigenvalue weighted by molar-refractivity contribution is -0.0680. The van der Waals surface area contributed by atoms with Gasteiger partial charge >= 0.3 is 0 Å². The Hall–Kier alpha value is -2.20. The zero-order valence-corrected chi connectivity index (χ0v) is 18.2. The summed E-state index contributed by atoms with van der Waals surface area (Å²) in [6, 6.07) is 9.27. The number of benzene rings is 1. The lowest BCUT2D eigenvalue weighted by Gasteiger charge is -2.35. The third-order valence-corrected chi connectivity index (χ3v) is 6.29. The summed E-state index contributed by atoms with van der Waals surface area (Å²) in [6.45, 7) is 7.48. The van der Waals surface area contributed by atoms with Crippen LogP contribution in [0.15, 0.2) is 52.0 Å². The van der Waals surface area contributed by atoms with Crippen LogP contribution in [0.1, 0.15) is 36.4 Å². The first-order chi connectivity index (χ1) is 14.3. The van der Waals surface area contributed by atoms with Crippen molar-refractivity contribution in [1.29, 1.82) is 0 Å². The van der Waals surface area contributed by atoms with Crippen LogP contribution in [-0.2, 0) is 21.3 Å². The number of nitrogens with zero attached hydrogens (tertiary/aromatic N) is 1. The van der Waals surface area contributed by atoms with Crippen LogP contribution in [0.5, 0.6) is 0 Å². The molecule has 1 fully saturated rings. The molecule has 1 aromatic heterocycles. The van der Waals surface area contributed by atoms with Crippen molar-refractivity contribution >= 4 is 15.9 Å². The van der Waals surface area contributed by atoms with E-state index in [1.54, 1.807) is 12.1 Å². The number of carbonyl (C=O) groups is 1. The molecule has 1 saturated heterocycles. The van der Waals surface area contributed by atoms with Gasteiger partial charge in [0.25, 0.3) is 5.91 Å². The molecule has 2 unspecified atom stereocenters. The molecule has 164 valence electrons. The molecule has 2 N–H and O–H groups in total. The molecule has 0 bridgehead atoms. The number of morpholine rings is 1. The van der Waals surface area contributed by atoms with Crippen molar-refractivity contribution in [2.75, 3.05) is 26.2 Å². The number of rotatable bonds is 9. The van der Waals surface area contributed by atoms with Crippen molar-refractivity contribution in [3.8, 4) is 0 Å². The second-order valence-corrected chi connectivity index (χ2v) is 9.32. The van der Waals surface area contributed by atoms with Gasteiger partial charge < -0.3 is 14.5 Å². The summed E-state index contributed by atoms with van der Waals surface area (Å²) in [6.07, 6.45) is 2.78. The Balaban J connectivity index is 1.44. The molecule has 2 atom stereocenters. The molecular weight excluding hydrogens is 406 g/mol. The fraction of sp³-hybridized carbons (Fsp3) is 0.476. The quantitative estimate of drug-likeness (QED) is 0.584. The van der Waals surface area contributed by atoms with E-state index in [1.807, 2.05) is 0 Å². The zero-order valence-electron chi connectivity index (χ0n) is 17.3. The van der Waals surface area contributed by atoms with Crippen molar-refractivity contribution in [2.24, 2.45) is 0 Å². The standard InChI is InChI=1S/C21H29N3O5S/c1-16-14-24(15-17(2)29-16)11-4-10-22-21(25)18-6-8-20(9-7-18)30(26,27)23-13-19-5-3-12-28-19/h3,5-9,12,16-17,23H,4,10-11,13-15H2,1-2H3,(H,22,25). The van der Waals surface area contributed by atoms with Gasteiger partial charge in [-0.2, -0.15) is 0 Å². The number of hydrogen-bond acceptors (Lipinski definition) is 6. The minimum absolute atomic E-state index is 0.0677. The Morgan fingerprint density at radius 1 is 1.13 bits per heavy atom. The summed E-state index contributed by atoms with van der Waals surface area (Å²) in [4.78, 5) is 14.8. The summed E-state index contributed by atoms with van der Waals surface area (Å²) in [7, 11) is -3.68. The van der Waals surface area contributed by atoms with E-state index in [1.165, 1.54) is 30.5 Å². The van der Waals surface area contributed by atoms with Crippen molar-refractivity contribution < 1.29 is 22.4 Å². The summed E-state index contributed by atoms with van der Waals surface area (Å²) >= 11 is 0. The number of carbonyl (C=O) groups excluding carboxylic acids is 1. The molecule has 0 aliphatic carbocycles. The number of ether oxygens (including phenoxy) is 1. The van der Waals surface area contributed by atoms with Crippen LogP contribution in [-0.4, -0.2) is 57.6 Å². The van der Waals surface area contributed by atoms with Gasteiger partial charge in [0.1, 0.15) is 5.76 Å². The Morgan fingerprint density at radius 3 is 2.47 bits per heavy atom. The average Bonchev–Trinajstić information content (AvgIpc) is 3.23. The highest BCUT2D eigenvalue weighted by molar-refractivity contribution is 7.89. The molecule has 8 nitrogen and oxygen atoms in total. The normalized spacial score (nSPS) is 20.2. The van der Waals surface area contributed by atoms with E-state index in [4.69, 9.17) is 9.15 Å². The molecule has 1 aliphatic heterocycles. The number of furan rings is 1. The lowest BCUT2D eigenvalue weighted by Crippen LogP contribution is -2.46. The number of amides is 1. The second-order valence-electron chi connectivity index (χ2n) is 7.55. The van der Waals surface area contributed by atoms with Gasteiger partial charge in [0.05, 0.1) is 29.9 Å². The van der Waals surface area contributed by atoms with Crippen molar-refractivity contribution in [1.82, 2.24) is 14.9 Å². The van der Waals surface area contributed by atoms with Crippen molar-refractivity contribution in [3.05, 3.63) is 54.0 Å². The minimum atomic E-state index is -3.68. The van der Waals surface area contributed by atoms with Crippen LogP contribution in [0.2, 0.25) is 0 Å². The van der Waals surface area contributed by atoms with E-state index < -0.39 is 10.0 Å². The van der Waals surface area contributed by atoms with E-state index >= 15 is 0 Å². The summed E-state index contributed by atoms with van der Waals surface area (Å²) in [5, 5.41) is 2.89. The van der Waals surface area contributed by atoms with E-state index in [0.717, 1.165) is 26.1 Å². The van der Waals surface area contributed by atoms with Crippen LogP contribution >= 0.6 is 0 Å². The number of hydrogen-bond donors (Lipinski definition) is 2. The van der Waals surface area contributed by atoms with Crippen LogP contribution in [0, 0.1) is 0 Å². The Bertz CT molecular complexity index is 903. The molecule has 2 aromatic rings. The second kappa shape index (κ2) is 10.2. The van der Waals surface area contributed by atoms with Gasteiger partial charge in [-0.25, -0.2) is 13.1 Å². The molecule has 2 heterocycles. The lowest BCUT2D eigenvalue weighted by atomic mass is 10.2. The van der Waals surface area contributed by atoms with Gasteiger partial charge in [0, 0.05) is 31.7 Å². The van der Waals surface area contributed by atoms with Gasteiger partial charge in [-0.05, 0) is 56.7 Å². The maximum absolute atomic E-state index is 12.3. The predicted octanol–water partition coefficient (Wildman–Crippen LogP) is 1.99. The minimum Gasteiger partial charge on any atom is -0.468 e. The highest BCUT2D eigenvalue weighted by atomic mass is 32.2. The van der Waals surface area contributed by atoms with Crippen molar-refractivity contribution in [3.63, 3.8) is 0 Å². The largest absolute Gasteiger partial charge is 0.468 e. The highest BCUT2D eigenvalue weighted by Crippen LogP contribution is 2.12. The molecule has 0 saturated carbocycles. The molecule has 0 spiro atoms. The van der Waals surface area contributed by atoms with E-state index in [0.29, 0.717) is 17.9 Å². The molecule has 0 radical (unpaired) electrons. The monoisotopic (exact) mass is 435 g/mol. The average molecular weight is 436 g/mol. The molecule has 1 amide bonds. The molecular formula is C21H29N3O5S. The third-order valence-electron chi connectivity index (χ3n) is 4.88. The summed E-state index contributed by atoms with van der Waals surface area (Å²) in [5.74, 6) is 0.307. The third kappa shape index (κ3) is 6.40. The Morgan fingerprint density at radius 2 is 1.83 bits per heavy atom. The van der Waals surface area contributed by atoms with Crippen molar-refractivity contribution in [2.45, 2.75) is 43.9 Å². The molecule has 9 heteroatoms. The molecule has 3 rings (SSSR count). The van der Waals surface area contributed by atoms with Crippen LogP contribution < -0.4 is 10.0 Å². The first-order valence-corrected chi connectivity index (χ1v) is 11.6. The Labute approximate surface area is 177 Å². The topological polar surface area (TPSA) is 101 Å². The van der Waals surface area contributed by atoms with Crippen LogP contribution in [0.3, 0.4) is 0 Å². The Kier molecular flexibility index (Phi) is 7.65. The number of nitrogens with one attached hydrogen (secondary N) is 2. The van der Waals surface area contributed by atoms with E-state index in [9.17, 15) is 13.2 Å². The predicted molar refractivity (Wildman–Crippen MR) is 113 cm³/mol. The first kappa shape index (κ1) is 22.5. The van der Waals surface area contributed by atoms with E-state index in [2.05, 4.69) is 28.8 Å². The highest BCUT2D eigenvalue weighted by Gasteiger charge is 2.21. The SMILES string of the molecule is CC1CN(CCCNC(=O)c2ccc(S(=O)(=O)NCc3ccco3)cc2)CC(C)O1. The smallest absolute Gasteiger partial charge is 0.251 e. The molecule has 1 aliphatic rings. The van der Waals surface area contributed by atoms with Gasteiger partial charge in [-0.15, -0.1) is 0 Å². The first-order valence-electron chi connectivity index (χ1n) is 10.1. The van der Waals surface area contributed by atoms with Gasteiger partial charge in [0.15, 0.2) is 0 Å². The molecule has 1 aromatic carbocycles. The summed E-state index contributed by atoms with van der Waals surface area (Å²) < 4.78 is 38.0. The fourth-order valence-corrected chi connectivity index (χ4v) is 4.52. The number of sulfonamides is 1. The van der Waals surface area contributed by atoms with Gasteiger partial charge in [-0.3, -0.25) is 9.69 Å². The van der Waals surface area contributed by atoms with Gasteiger partial charge in [-0.1, -0.05) is 0 Å². The summed E-state index contributed by atoms with van der Waals surface area (Å²) in [5.41, 5.74) is 0.425.